The van der Waals surface area contributed by atoms with Crippen LogP contribution in [0.25, 0.3) is 0 Å². The summed E-state index contributed by atoms with van der Waals surface area (Å²) in [5.74, 6) is 1.92. The van der Waals surface area contributed by atoms with Crippen molar-refractivity contribution >= 4 is 11.8 Å². The molecule has 1 aliphatic carbocycles. The first kappa shape index (κ1) is 15.4. The minimum absolute atomic E-state index is 0.256. The SMILES string of the molecule is CNC(CSc1cccc(C)c1)C1CCOC2(CCC2)C1. The van der Waals surface area contributed by atoms with Crippen LogP contribution < -0.4 is 5.32 Å². The highest BCUT2D eigenvalue weighted by atomic mass is 32.2. The Morgan fingerprint density at radius 3 is 2.95 bits per heavy atom. The Labute approximate surface area is 133 Å². The van der Waals surface area contributed by atoms with Gasteiger partial charge in [-0.05, 0) is 64.1 Å². The lowest BCUT2D eigenvalue weighted by Gasteiger charge is -2.48. The molecule has 1 N–H and O–H groups in total. The average molecular weight is 305 g/mol. The molecule has 2 atom stereocenters. The molecule has 21 heavy (non-hydrogen) atoms. The van der Waals surface area contributed by atoms with Crippen LogP contribution >= 0.6 is 11.8 Å². The summed E-state index contributed by atoms with van der Waals surface area (Å²) in [4.78, 5) is 1.39. The largest absolute Gasteiger partial charge is 0.375 e. The van der Waals surface area contributed by atoms with E-state index in [9.17, 15) is 0 Å². The van der Waals surface area contributed by atoms with Crippen molar-refractivity contribution in [1.82, 2.24) is 5.32 Å². The number of ether oxygens (including phenoxy) is 1. The van der Waals surface area contributed by atoms with Crippen molar-refractivity contribution in [2.24, 2.45) is 5.92 Å². The van der Waals surface area contributed by atoms with E-state index >= 15 is 0 Å². The molecule has 0 aromatic heterocycles. The number of thioether (sulfide) groups is 1. The summed E-state index contributed by atoms with van der Waals surface area (Å²) in [7, 11) is 2.12. The van der Waals surface area contributed by atoms with Crippen LogP contribution in [0.3, 0.4) is 0 Å². The van der Waals surface area contributed by atoms with Gasteiger partial charge in [-0.1, -0.05) is 17.7 Å². The summed E-state index contributed by atoms with van der Waals surface area (Å²) in [5, 5.41) is 3.57. The smallest absolute Gasteiger partial charge is 0.0685 e. The zero-order valence-corrected chi connectivity index (χ0v) is 14.0. The molecule has 2 nitrogen and oxygen atoms in total. The van der Waals surface area contributed by atoms with Crippen molar-refractivity contribution < 1.29 is 4.74 Å². The molecule has 1 saturated heterocycles. The van der Waals surface area contributed by atoms with Gasteiger partial charge in [0, 0.05) is 23.3 Å². The maximum absolute atomic E-state index is 6.07. The van der Waals surface area contributed by atoms with E-state index in [0.717, 1.165) is 18.3 Å². The average Bonchev–Trinajstić information content (AvgIpc) is 2.47. The van der Waals surface area contributed by atoms with Crippen molar-refractivity contribution in [3.8, 4) is 0 Å². The second-order valence-corrected chi connectivity index (χ2v) is 7.75. The highest BCUT2D eigenvalue weighted by Crippen LogP contribution is 2.45. The summed E-state index contributed by atoms with van der Waals surface area (Å²) in [6, 6.07) is 9.43. The number of aryl methyl sites for hydroxylation is 1. The second-order valence-electron chi connectivity index (χ2n) is 6.66. The molecule has 1 aromatic rings. The van der Waals surface area contributed by atoms with Gasteiger partial charge in [-0.25, -0.2) is 0 Å². The Kier molecular flexibility index (Phi) is 4.92. The third-order valence-corrected chi connectivity index (χ3v) is 6.27. The quantitative estimate of drug-likeness (QED) is 0.830. The van der Waals surface area contributed by atoms with Crippen molar-refractivity contribution in [3.05, 3.63) is 29.8 Å². The number of hydrogen-bond acceptors (Lipinski definition) is 3. The predicted octanol–water partition coefficient (Wildman–Crippen LogP) is 4.02. The molecule has 116 valence electrons. The van der Waals surface area contributed by atoms with Crippen LogP contribution in [-0.2, 0) is 4.74 Å². The van der Waals surface area contributed by atoms with Crippen LogP contribution in [0.2, 0.25) is 0 Å². The monoisotopic (exact) mass is 305 g/mol. The minimum Gasteiger partial charge on any atom is -0.375 e. The molecule has 0 bridgehead atoms. The fourth-order valence-corrected chi connectivity index (χ4v) is 4.93. The van der Waals surface area contributed by atoms with Crippen LogP contribution in [0, 0.1) is 12.8 Å². The first-order chi connectivity index (χ1) is 10.2. The van der Waals surface area contributed by atoms with Gasteiger partial charge in [-0.3, -0.25) is 0 Å². The van der Waals surface area contributed by atoms with Crippen molar-refractivity contribution in [1.29, 1.82) is 0 Å². The standard InChI is InChI=1S/C18H27NOS/c1-14-5-3-6-16(11-14)21-13-17(19-2)15-7-10-20-18(12-15)8-4-9-18/h3,5-6,11,15,17,19H,4,7-10,12-13H2,1-2H3. The van der Waals surface area contributed by atoms with E-state index in [0.29, 0.717) is 6.04 Å². The van der Waals surface area contributed by atoms with E-state index < -0.39 is 0 Å². The zero-order valence-electron chi connectivity index (χ0n) is 13.2. The molecular formula is C18H27NOS. The molecule has 1 aliphatic heterocycles. The Morgan fingerprint density at radius 2 is 2.29 bits per heavy atom. The maximum atomic E-state index is 6.07. The Balaban J connectivity index is 1.57. The fraction of sp³-hybridized carbons (Fsp3) is 0.667. The van der Waals surface area contributed by atoms with Crippen molar-refractivity contribution in [2.45, 2.75) is 55.6 Å². The van der Waals surface area contributed by atoms with Crippen LogP contribution in [-0.4, -0.2) is 31.1 Å². The molecular weight excluding hydrogens is 278 g/mol. The fourth-order valence-electron chi connectivity index (χ4n) is 3.67. The zero-order chi connectivity index (χ0) is 14.7. The van der Waals surface area contributed by atoms with Crippen molar-refractivity contribution in [3.63, 3.8) is 0 Å². The number of benzene rings is 1. The van der Waals surface area contributed by atoms with Crippen LogP contribution in [0.5, 0.6) is 0 Å². The third kappa shape index (κ3) is 3.64. The van der Waals surface area contributed by atoms with Gasteiger partial charge in [-0.2, -0.15) is 0 Å². The molecule has 2 fully saturated rings. The predicted molar refractivity (Wildman–Crippen MR) is 90.0 cm³/mol. The summed E-state index contributed by atoms with van der Waals surface area (Å²) in [5.41, 5.74) is 1.60. The Morgan fingerprint density at radius 1 is 1.43 bits per heavy atom. The summed E-state index contributed by atoms with van der Waals surface area (Å²) in [6.07, 6.45) is 6.39. The normalized spacial score (nSPS) is 25.5. The highest BCUT2D eigenvalue weighted by molar-refractivity contribution is 7.99. The van der Waals surface area contributed by atoms with Gasteiger partial charge >= 0.3 is 0 Å². The van der Waals surface area contributed by atoms with Crippen molar-refractivity contribution in [2.75, 3.05) is 19.4 Å². The molecule has 1 heterocycles. The maximum Gasteiger partial charge on any atom is 0.0685 e. The molecule has 1 spiro atoms. The van der Waals surface area contributed by atoms with E-state index in [1.807, 2.05) is 11.8 Å². The van der Waals surface area contributed by atoms with E-state index in [-0.39, 0.29) is 5.60 Å². The van der Waals surface area contributed by atoms with Gasteiger partial charge in [0.05, 0.1) is 5.60 Å². The molecule has 1 saturated carbocycles. The molecule has 3 heteroatoms. The van der Waals surface area contributed by atoms with Gasteiger partial charge in [0.15, 0.2) is 0 Å². The number of hydrogen-bond donors (Lipinski definition) is 1. The topological polar surface area (TPSA) is 21.3 Å². The van der Waals surface area contributed by atoms with E-state index in [1.165, 1.54) is 42.6 Å². The lowest BCUT2D eigenvalue weighted by molar-refractivity contribution is -0.146. The van der Waals surface area contributed by atoms with Gasteiger partial charge in [0.1, 0.15) is 0 Å². The molecule has 2 unspecified atom stereocenters. The van der Waals surface area contributed by atoms with E-state index in [1.54, 1.807) is 0 Å². The van der Waals surface area contributed by atoms with Gasteiger partial charge in [0.25, 0.3) is 0 Å². The third-order valence-electron chi connectivity index (χ3n) is 5.15. The van der Waals surface area contributed by atoms with Gasteiger partial charge in [-0.15, -0.1) is 11.8 Å². The number of rotatable bonds is 5. The van der Waals surface area contributed by atoms with E-state index in [4.69, 9.17) is 4.74 Å². The highest BCUT2D eigenvalue weighted by Gasteiger charge is 2.43. The number of nitrogens with one attached hydrogen (secondary N) is 1. The van der Waals surface area contributed by atoms with Crippen LogP contribution in [0.1, 0.15) is 37.7 Å². The lowest BCUT2D eigenvalue weighted by atomic mass is 9.70. The first-order valence-electron chi connectivity index (χ1n) is 8.21. The Bertz CT molecular complexity index is 472. The Hall–Kier alpha value is -0.510. The molecule has 0 amide bonds. The summed E-state index contributed by atoms with van der Waals surface area (Å²) in [6.45, 7) is 3.12. The summed E-state index contributed by atoms with van der Waals surface area (Å²) < 4.78 is 6.07. The van der Waals surface area contributed by atoms with Gasteiger partial charge in [0.2, 0.25) is 0 Å². The minimum atomic E-state index is 0.256. The first-order valence-corrected chi connectivity index (χ1v) is 9.20. The summed E-state index contributed by atoms with van der Waals surface area (Å²) >= 11 is 1.98. The molecule has 0 radical (unpaired) electrons. The molecule has 3 rings (SSSR count). The van der Waals surface area contributed by atoms with Crippen LogP contribution in [0.15, 0.2) is 29.2 Å². The molecule has 1 aromatic carbocycles. The van der Waals surface area contributed by atoms with E-state index in [2.05, 4.69) is 43.6 Å². The lowest BCUT2D eigenvalue weighted by Crippen LogP contribution is -2.50. The van der Waals surface area contributed by atoms with Crippen LogP contribution in [0.4, 0.5) is 0 Å². The second kappa shape index (κ2) is 6.72. The van der Waals surface area contributed by atoms with Gasteiger partial charge < -0.3 is 10.1 Å². The molecule has 2 aliphatic rings.